The number of hydrogen-bond donors (Lipinski definition) is 2. The summed E-state index contributed by atoms with van der Waals surface area (Å²) in [4.78, 5) is 38.5. The van der Waals surface area contributed by atoms with E-state index in [4.69, 9.17) is 0 Å². The highest BCUT2D eigenvalue weighted by atomic mass is 19.1. The Balaban J connectivity index is 1.28. The predicted octanol–water partition coefficient (Wildman–Crippen LogP) is 2.22. The van der Waals surface area contributed by atoms with Crippen LogP contribution in [0.5, 0.6) is 0 Å². The lowest BCUT2D eigenvalue weighted by atomic mass is 10.1. The lowest BCUT2D eigenvalue weighted by molar-refractivity contribution is -0.126. The van der Waals surface area contributed by atoms with Gasteiger partial charge in [-0.15, -0.1) is 0 Å². The van der Waals surface area contributed by atoms with Crippen molar-refractivity contribution in [1.82, 2.24) is 15.2 Å². The number of nitrogens with one attached hydrogen (secondary N) is 2. The first kappa shape index (κ1) is 20.6. The van der Waals surface area contributed by atoms with Crippen molar-refractivity contribution in [2.24, 2.45) is 13.0 Å². The summed E-state index contributed by atoms with van der Waals surface area (Å²) < 4.78 is 15.8. The molecule has 3 aromatic rings. The Morgan fingerprint density at radius 2 is 1.77 bits per heavy atom. The Kier molecular flexibility index (Phi) is 5.70. The summed E-state index contributed by atoms with van der Waals surface area (Å²) in [6.45, 7) is 0.622. The van der Waals surface area contributed by atoms with Crippen LogP contribution in [0.2, 0.25) is 0 Å². The molecular weight excluding hydrogens is 399 g/mol. The van der Waals surface area contributed by atoms with E-state index in [-0.39, 0.29) is 49.5 Å². The molecule has 0 spiro atoms. The maximum atomic E-state index is 14.0. The van der Waals surface area contributed by atoms with E-state index in [1.165, 1.54) is 17.0 Å². The van der Waals surface area contributed by atoms with Crippen molar-refractivity contribution in [3.05, 3.63) is 66.1 Å². The number of para-hydroxylation sites is 2. The van der Waals surface area contributed by atoms with Crippen LogP contribution in [-0.4, -0.2) is 41.9 Å². The first-order valence-corrected chi connectivity index (χ1v) is 10.1. The first-order chi connectivity index (χ1) is 15.0. The quantitative estimate of drug-likeness (QED) is 0.598. The minimum Gasteiger partial charge on any atom is -0.354 e. The van der Waals surface area contributed by atoms with Crippen LogP contribution in [0.1, 0.15) is 16.9 Å². The number of nitrogens with zero attached hydrogens (tertiary/aromatic N) is 2. The number of carbonyl (C=O) groups excluding carboxylic acids is 3. The number of carbonyl (C=O) groups is 3. The molecule has 31 heavy (non-hydrogen) atoms. The zero-order valence-electron chi connectivity index (χ0n) is 17.1. The molecule has 0 unspecified atom stereocenters. The van der Waals surface area contributed by atoms with Crippen LogP contribution >= 0.6 is 0 Å². The minimum atomic E-state index is -0.555. The molecule has 0 radical (unpaired) electrons. The third-order valence-corrected chi connectivity index (χ3v) is 5.53. The first-order valence-electron chi connectivity index (χ1n) is 10.1. The van der Waals surface area contributed by atoms with Gasteiger partial charge >= 0.3 is 0 Å². The van der Waals surface area contributed by atoms with Gasteiger partial charge in [0.05, 0.1) is 11.6 Å². The maximum Gasteiger partial charge on any atom is 0.267 e. The van der Waals surface area contributed by atoms with Crippen LogP contribution in [0, 0.1) is 11.7 Å². The number of aromatic nitrogens is 1. The molecule has 1 saturated heterocycles. The summed E-state index contributed by atoms with van der Waals surface area (Å²) in [6, 6.07) is 15.6. The minimum absolute atomic E-state index is 0.0302. The highest BCUT2D eigenvalue weighted by Crippen LogP contribution is 2.27. The lowest BCUT2D eigenvalue weighted by Gasteiger charge is -2.17. The number of hydrogen-bond acceptors (Lipinski definition) is 3. The number of halogens is 1. The Labute approximate surface area is 178 Å². The number of anilines is 1. The van der Waals surface area contributed by atoms with Crippen molar-refractivity contribution < 1.29 is 18.8 Å². The van der Waals surface area contributed by atoms with E-state index in [1.807, 2.05) is 41.9 Å². The molecule has 4 rings (SSSR count). The molecule has 0 saturated carbocycles. The molecule has 1 aliphatic heterocycles. The van der Waals surface area contributed by atoms with Crippen LogP contribution in [0.3, 0.4) is 0 Å². The molecule has 2 aromatic carbocycles. The van der Waals surface area contributed by atoms with Crippen LogP contribution in [-0.2, 0) is 16.6 Å². The van der Waals surface area contributed by atoms with E-state index >= 15 is 0 Å². The summed E-state index contributed by atoms with van der Waals surface area (Å²) in [5, 5.41) is 6.52. The zero-order chi connectivity index (χ0) is 22.0. The summed E-state index contributed by atoms with van der Waals surface area (Å²) >= 11 is 0. The Morgan fingerprint density at radius 3 is 2.55 bits per heavy atom. The van der Waals surface area contributed by atoms with E-state index < -0.39 is 11.7 Å². The molecule has 1 atom stereocenters. The van der Waals surface area contributed by atoms with Crippen LogP contribution in [0.25, 0.3) is 10.9 Å². The van der Waals surface area contributed by atoms with Gasteiger partial charge in [-0.05, 0) is 24.3 Å². The molecule has 2 heterocycles. The Morgan fingerprint density at radius 1 is 1.06 bits per heavy atom. The number of fused-ring (bicyclic) bond motifs is 1. The molecular formula is C23H23FN4O3. The average molecular weight is 422 g/mol. The standard InChI is InChI=1S/C23H23FN4O3/c1-27-18-8-4-2-6-15(18)12-20(27)23(31)26-11-10-25-22(30)16-13-21(29)28(14-16)19-9-5-3-7-17(19)24/h2-9,12,16H,10-11,13-14H2,1H3,(H,25,30)(H,26,31)/t16-/m1/s1. The normalized spacial score (nSPS) is 16.0. The Bertz CT molecular complexity index is 1160. The van der Waals surface area contributed by atoms with Crippen LogP contribution in [0.4, 0.5) is 10.1 Å². The van der Waals surface area contributed by atoms with Crippen molar-refractivity contribution in [3.63, 3.8) is 0 Å². The molecule has 1 fully saturated rings. The van der Waals surface area contributed by atoms with Gasteiger partial charge < -0.3 is 20.1 Å². The fourth-order valence-electron chi connectivity index (χ4n) is 3.89. The van der Waals surface area contributed by atoms with Gasteiger partial charge in [0.25, 0.3) is 5.91 Å². The smallest absolute Gasteiger partial charge is 0.267 e. The van der Waals surface area contributed by atoms with Gasteiger partial charge in [-0.1, -0.05) is 30.3 Å². The molecule has 160 valence electrons. The lowest BCUT2D eigenvalue weighted by Crippen LogP contribution is -2.38. The van der Waals surface area contributed by atoms with Gasteiger partial charge in [-0.2, -0.15) is 0 Å². The number of amides is 3. The number of rotatable bonds is 6. The highest BCUT2D eigenvalue weighted by Gasteiger charge is 2.35. The SMILES string of the molecule is Cn1c(C(=O)NCCNC(=O)[C@@H]2CC(=O)N(c3ccccc3F)C2)cc2ccccc21. The van der Waals surface area contributed by atoms with Gasteiger partial charge in [0.15, 0.2) is 0 Å². The summed E-state index contributed by atoms with van der Waals surface area (Å²) in [5.74, 6) is -1.84. The topological polar surface area (TPSA) is 83.4 Å². The van der Waals surface area contributed by atoms with Crippen molar-refractivity contribution in [3.8, 4) is 0 Å². The number of aryl methyl sites for hydroxylation is 1. The van der Waals surface area contributed by atoms with E-state index in [2.05, 4.69) is 10.6 Å². The molecule has 2 N–H and O–H groups in total. The molecule has 1 aliphatic rings. The molecule has 3 amide bonds. The Hall–Kier alpha value is -3.68. The van der Waals surface area contributed by atoms with E-state index in [0.717, 1.165) is 10.9 Å². The predicted molar refractivity (Wildman–Crippen MR) is 115 cm³/mol. The fourth-order valence-corrected chi connectivity index (χ4v) is 3.89. The van der Waals surface area contributed by atoms with Crippen molar-refractivity contribution >= 4 is 34.3 Å². The molecule has 8 heteroatoms. The fraction of sp³-hybridized carbons (Fsp3) is 0.261. The third-order valence-electron chi connectivity index (χ3n) is 5.53. The molecule has 0 aliphatic carbocycles. The summed E-state index contributed by atoms with van der Waals surface area (Å²) in [7, 11) is 1.83. The van der Waals surface area contributed by atoms with Crippen molar-refractivity contribution in [1.29, 1.82) is 0 Å². The van der Waals surface area contributed by atoms with Gasteiger partial charge in [0.1, 0.15) is 11.5 Å². The van der Waals surface area contributed by atoms with Gasteiger partial charge in [-0.3, -0.25) is 14.4 Å². The maximum absolute atomic E-state index is 14.0. The molecule has 0 bridgehead atoms. The van der Waals surface area contributed by atoms with E-state index in [0.29, 0.717) is 5.69 Å². The monoisotopic (exact) mass is 422 g/mol. The van der Waals surface area contributed by atoms with Crippen LogP contribution < -0.4 is 15.5 Å². The average Bonchev–Trinajstić information content (AvgIpc) is 3.32. The van der Waals surface area contributed by atoms with Gasteiger partial charge in [0.2, 0.25) is 11.8 Å². The van der Waals surface area contributed by atoms with Crippen molar-refractivity contribution in [2.45, 2.75) is 6.42 Å². The largest absolute Gasteiger partial charge is 0.354 e. The number of benzene rings is 2. The second-order valence-corrected chi connectivity index (χ2v) is 7.55. The van der Waals surface area contributed by atoms with E-state index in [9.17, 15) is 18.8 Å². The summed E-state index contributed by atoms with van der Waals surface area (Å²) in [5.41, 5.74) is 1.69. The van der Waals surface area contributed by atoms with E-state index in [1.54, 1.807) is 12.1 Å². The summed E-state index contributed by atoms with van der Waals surface area (Å²) in [6.07, 6.45) is 0.0302. The van der Waals surface area contributed by atoms with Crippen molar-refractivity contribution in [2.75, 3.05) is 24.5 Å². The highest BCUT2D eigenvalue weighted by molar-refractivity contribution is 6.00. The van der Waals surface area contributed by atoms with Gasteiger partial charge in [-0.25, -0.2) is 4.39 Å². The molecule has 1 aromatic heterocycles. The van der Waals surface area contributed by atoms with Crippen LogP contribution in [0.15, 0.2) is 54.6 Å². The van der Waals surface area contributed by atoms with Gasteiger partial charge in [0, 0.05) is 44.0 Å². The molecule has 7 nitrogen and oxygen atoms in total. The second kappa shape index (κ2) is 8.59. The second-order valence-electron chi connectivity index (χ2n) is 7.55. The third kappa shape index (κ3) is 4.14. The zero-order valence-corrected chi connectivity index (χ0v) is 17.1.